The summed E-state index contributed by atoms with van der Waals surface area (Å²) < 4.78 is 11.7. The minimum absolute atomic E-state index is 0.221. The normalized spacial score (nSPS) is 13.2. The molecule has 0 unspecified atom stereocenters. The first-order valence-electron chi connectivity index (χ1n) is 16.9. The van der Waals surface area contributed by atoms with Crippen LogP contribution >= 0.6 is 0 Å². The molecule has 12 heteroatoms. The molecule has 0 bridgehead atoms. The average Bonchev–Trinajstić information content (AvgIpc) is 3.57. The van der Waals surface area contributed by atoms with Crippen LogP contribution in [-0.4, -0.2) is 99.5 Å². The maximum absolute atomic E-state index is 13.7. The van der Waals surface area contributed by atoms with Gasteiger partial charge in [-0.25, -0.2) is 0 Å². The number of carbonyl (C=O) groups is 4. The first-order valence-corrected chi connectivity index (χ1v) is 16.9. The van der Waals surface area contributed by atoms with Crippen molar-refractivity contribution in [1.29, 1.82) is 0 Å². The molecule has 5 rings (SSSR count). The van der Waals surface area contributed by atoms with Crippen molar-refractivity contribution in [3.63, 3.8) is 0 Å². The number of nitrogens with zero attached hydrogens (tertiary/aromatic N) is 3. The maximum Gasteiger partial charge on any atom is 0.267 e. The lowest BCUT2D eigenvalue weighted by molar-refractivity contribution is -0.132. The summed E-state index contributed by atoms with van der Waals surface area (Å²) in [6.07, 6.45) is 3.02. The summed E-state index contributed by atoms with van der Waals surface area (Å²) in [6.45, 7) is 5.86. The molecule has 50 heavy (non-hydrogen) atoms. The van der Waals surface area contributed by atoms with Crippen molar-refractivity contribution in [3.8, 4) is 11.5 Å². The molecule has 0 saturated carbocycles. The number of aryl methyl sites for hydroxylation is 1. The number of hydrogen-bond acceptors (Lipinski definition) is 7. The zero-order valence-corrected chi connectivity index (χ0v) is 29.4. The molecule has 1 aromatic heterocycles. The molecule has 1 aliphatic heterocycles. The largest absolute Gasteiger partial charge is 0.495 e. The Labute approximate surface area is 292 Å². The molecule has 2 heterocycles. The fourth-order valence-corrected chi connectivity index (χ4v) is 6.00. The SMILES string of the molecule is CNC(=O)c1cc2c(C(=O)Nc3ccc(C(=O)N(C)c4ccc(C)cc4OCCCCCC(=O)N4CCN(C)CC4)cc3OC)cccc2[nH]1. The van der Waals surface area contributed by atoms with Gasteiger partial charge in [-0.2, -0.15) is 0 Å². The number of H-pyrrole nitrogens is 1. The van der Waals surface area contributed by atoms with E-state index in [9.17, 15) is 19.2 Å². The molecule has 1 saturated heterocycles. The number of piperazine rings is 1. The Balaban J connectivity index is 1.20. The molecule has 0 spiro atoms. The van der Waals surface area contributed by atoms with E-state index in [-0.39, 0.29) is 17.7 Å². The second-order valence-corrected chi connectivity index (χ2v) is 12.6. The number of fused-ring (bicyclic) bond motifs is 1. The summed E-state index contributed by atoms with van der Waals surface area (Å²) in [4.78, 5) is 60.5. The van der Waals surface area contributed by atoms with Crippen LogP contribution in [0.1, 0.15) is 62.5 Å². The summed E-state index contributed by atoms with van der Waals surface area (Å²) in [7, 11) is 6.78. The van der Waals surface area contributed by atoms with Crippen LogP contribution in [0.5, 0.6) is 11.5 Å². The van der Waals surface area contributed by atoms with Crippen molar-refractivity contribution in [2.24, 2.45) is 0 Å². The number of carbonyl (C=O) groups excluding carboxylic acids is 4. The fourth-order valence-electron chi connectivity index (χ4n) is 6.00. The number of likely N-dealkylation sites (N-methyl/N-ethyl adjacent to an activating group) is 1. The molecule has 3 N–H and O–H groups in total. The van der Waals surface area contributed by atoms with E-state index < -0.39 is 5.91 Å². The van der Waals surface area contributed by atoms with Crippen LogP contribution in [0, 0.1) is 6.92 Å². The van der Waals surface area contributed by atoms with Crippen molar-refractivity contribution in [2.45, 2.75) is 32.6 Å². The van der Waals surface area contributed by atoms with Gasteiger partial charge in [-0.3, -0.25) is 19.2 Å². The number of unbranched alkanes of at least 4 members (excludes halogenated alkanes) is 2. The van der Waals surface area contributed by atoms with Crippen molar-refractivity contribution < 1.29 is 28.7 Å². The number of nitrogens with one attached hydrogen (secondary N) is 3. The summed E-state index contributed by atoms with van der Waals surface area (Å²) in [5.41, 5.74) is 3.76. The summed E-state index contributed by atoms with van der Waals surface area (Å²) in [6, 6.07) is 17.4. The number of amides is 4. The van der Waals surface area contributed by atoms with Gasteiger partial charge in [-0.15, -0.1) is 0 Å². The predicted octanol–water partition coefficient (Wildman–Crippen LogP) is 5.09. The van der Waals surface area contributed by atoms with Crippen molar-refractivity contribution in [2.75, 3.05) is 71.3 Å². The van der Waals surface area contributed by atoms with Crippen molar-refractivity contribution in [1.82, 2.24) is 20.1 Å². The van der Waals surface area contributed by atoms with Gasteiger partial charge in [0.15, 0.2) is 0 Å². The number of anilines is 2. The zero-order valence-electron chi connectivity index (χ0n) is 29.4. The first kappa shape index (κ1) is 35.9. The van der Waals surface area contributed by atoms with E-state index in [1.54, 1.807) is 56.6 Å². The second-order valence-electron chi connectivity index (χ2n) is 12.6. The van der Waals surface area contributed by atoms with Gasteiger partial charge in [0.25, 0.3) is 17.7 Å². The van der Waals surface area contributed by atoms with E-state index in [4.69, 9.17) is 9.47 Å². The number of aromatic nitrogens is 1. The predicted molar refractivity (Wildman–Crippen MR) is 195 cm³/mol. The quantitative estimate of drug-likeness (QED) is 0.167. The van der Waals surface area contributed by atoms with Gasteiger partial charge in [-0.05, 0) is 87.3 Å². The fraction of sp³-hybridized carbons (Fsp3) is 0.368. The van der Waals surface area contributed by atoms with E-state index in [1.807, 2.05) is 30.0 Å². The highest BCUT2D eigenvalue weighted by Gasteiger charge is 2.22. The highest BCUT2D eigenvalue weighted by atomic mass is 16.5. The highest BCUT2D eigenvalue weighted by molar-refractivity contribution is 6.14. The Hall–Kier alpha value is -5.36. The van der Waals surface area contributed by atoms with Crippen LogP contribution in [0.4, 0.5) is 11.4 Å². The van der Waals surface area contributed by atoms with Crippen molar-refractivity contribution >= 4 is 45.9 Å². The number of ether oxygens (including phenoxy) is 2. The topological polar surface area (TPSA) is 136 Å². The molecule has 4 amide bonds. The molecule has 1 aliphatic rings. The van der Waals surface area contributed by atoms with Gasteiger partial charge in [0.1, 0.15) is 17.2 Å². The van der Waals surface area contributed by atoms with Gasteiger partial charge in [0, 0.05) is 68.7 Å². The molecular formula is C38H46N6O6. The molecule has 4 aromatic rings. The number of benzene rings is 3. The number of methoxy groups -OCH3 is 1. The van der Waals surface area contributed by atoms with Gasteiger partial charge in [0.05, 0.1) is 25.1 Å². The third-order valence-electron chi connectivity index (χ3n) is 9.01. The van der Waals surface area contributed by atoms with E-state index in [0.29, 0.717) is 63.6 Å². The van der Waals surface area contributed by atoms with Crippen LogP contribution < -0.4 is 25.0 Å². The number of aromatic amines is 1. The second kappa shape index (κ2) is 16.4. The minimum atomic E-state index is -0.393. The Morgan fingerprint density at radius 3 is 2.42 bits per heavy atom. The first-order chi connectivity index (χ1) is 24.1. The molecule has 0 radical (unpaired) electrons. The lowest BCUT2D eigenvalue weighted by Crippen LogP contribution is -2.47. The van der Waals surface area contributed by atoms with Crippen LogP contribution in [0.3, 0.4) is 0 Å². The zero-order chi connectivity index (χ0) is 35.8. The van der Waals surface area contributed by atoms with Gasteiger partial charge >= 0.3 is 0 Å². The Morgan fingerprint density at radius 1 is 0.900 bits per heavy atom. The number of rotatable bonds is 13. The van der Waals surface area contributed by atoms with E-state index in [2.05, 4.69) is 27.6 Å². The van der Waals surface area contributed by atoms with Gasteiger partial charge < -0.3 is 39.8 Å². The van der Waals surface area contributed by atoms with Crippen LogP contribution in [0.2, 0.25) is 0 Å². The summed E-state index contributed by atoms with van der Waals surface area (Å²) >= 11 is 0. The summed E-state index contributed by atoms with van der Waals surface area (Å²) in [5.74, 6) is 0.177. The van der Waals surface area contributed by atoms with E-state index in [1.165, 1.54) is 12.0 Å². The van der Waals surface area contributed by atoms with E-state index >= 15 is 0 Å². The molecule has 3 aromatic carbocycles. The van der Waals surface area contributed by atoms with Crippen LogP contribution in [0.25, 0.3) is 10.9 Å². The van der Waals surface area contributed by atoms with Gasteiger partial charge in [0.2, 0.25) is 5.91 Å². The standard InChI is InChI=1S/C38H46N6O6/c1-25-13-16-32(34(22-25)50-21-8-6-7-12-35(45)44-19-17-42(3)18-20-44)43(4)38(48)26-14-15-30(33(23-26)49-5)41-36(46)27-10-9-11-29-28(27)24-31(40-29)37(47)39-2/h9-11,13-16,22-24,40H,6-8,12,17-21H2,1-5H3,(H,39,47)(H,41,46). The number of hydrogen-bond donors (Lipinski definition) is 3. The monoisotopic (exact) mass is 682 g/mol. The van der Waals surface area contributed by atoms with Crippen molar-refractivity contribution in [3.05, 3.63) is 83.0 Å². The van der Waals surface area contributed by atoms with Gasteiger partial charge in [-0.1, -0.05) is 12.1 Å². The lowest BCUT2D eigenvalue weighted by Gasteiger charge is -2.32. The Bertz CT molecular complexity index is 1860. The minimum Gasteiger partial charge on any atom is -0.495 e. The molecule has 1 fully saturated rings. The molecule has 0 atom stereocenters. The summed E-state index contributed by atoms with van der Waals surface area (Å²) in [5, 5.41) is 6.06. The smallest absolute Gasteiger partial charge is 0.267 e. The third kappa shape index (κ3) is 8.43. The molecule has 0 aliphatic carbocycles. The molecule has 12 nitrogen and oxygen atoms in total. The van der Waals surface area contributed by atoms with E-state index in [0.717, 1.165) is 51.0 Å². The van der Waals surface area contributed by atoms with Crippen LogP contribution in [0.15, 0.2) is 60.7 Å². The Kier molecular flexibility index (Phi) is 11.8. The third-order valence-corrected chi connectivity index (χ3v) is 9.01. The Morgan fingerprint density at radius 2 is 1.68 bits per heavy atom. The lowest BCUT2D eigenvalue weighted by atomic mass is 10.1. The van der Waals surface area contributed by atoms with Crippen LogP contribution in [-0.2, 0) is 4.79 Å². The highest BCUT2D eigenvalue weighted by Crippen LogP contribution is 2.32. The average molecular weight is 683 g/mol. The maximum atomic E-state index is 13.7. The molecular weight excluding hydrogens is 636 g/mol. The molecule has 264 valence electrons.